The number of furan rings is 1. The Morgan fingerprint density at radius 1 is 1.38 bits per heavy atom. The summed E-state index contributed by atoms with van der Waals surface area (Å²) < 4.78 is 16.5. The van der Waals surface area contributed by atoms with Gasteiger partial charge in [-0.3, -0.25) is 0 Å². The molecule has 1 unspecified atom stereocenters. The highest BCUT2D eigenvalue weighted by Crippen LogP contribution is 2.41. The molecule has 0 aliphatic carbocycles. The van der Waals surface area contributed by atoms with E-state index in [1.165, 1.54) is 18.9 Å². The van der Waals surface area contributed by atoms with Crippen LogP contribution in [-0.4, -0.2) is 42.3 Å². The maximum atomic E-state index is 12.8. The molecule has 0 amide bonds. The van der Waals surface area contributed by atoms with E-state index < -0.39 is 11.9 Å². The summed E-state index contributed by atoms with van der Waals surface area (Å²) in [6.45, 7) is 3.40. The van der Waals surface area contributed by atoms with Gasteiger partial charge in [-0.25, -0.2) is 9.78 Å². The predicted octanol–water partition coefficient (Wildman–Crippen LogP) is 2.87. The van der Waals surface area contributed by atoms with Crippen LogP contribution in [0.25, 0.3) is 0 Å². The predicted molar refractivity (Wildman–Crippen MR) is 123 cm³/mol. The monoisotopic (exact) mass is 477 g/mol. The molecule has 2 N–H and O–H groups in total. The molecule has 0 fully saturated rings. The number of rotatable bonds is 5. The number of hydrogen-bond donors (Lipinski definition) is 1. The third kappa shape index (κ3) is 4.38. The summed E-state index contributed by atoms with van der Waals surface area (Å²) in [5, 5.41) is 20.0. The molecule has 0 saturated carbocycles. The maximum Gasteiger partial charge on any atom is 0.338 e. The number of carbonyl (C=O) groups is 1. The molecule has 10 heteroatoms. The smallest absolute Gasteiger partial charge is 0.338 e. The molecule has 2 aromatic heterocycles. The molecule has 4 rings (SSSR count). The Bertz CT molecular complexity index is 1300. The third-order valence-corrected chi connectivity index (χ3v) is 6.73. The summed E-state index contributed by atoms with van der Waals surface area (Å²) in [5.74, 6) is -0.227. The van der Waals surface area contributed by atoms with Crippen molar-refractivity contribution in [2.45, 2.75) is 30.8 Å². The third-order valence-electron chi connectivity index (χ3n) is 5.73. The molecular formula is C24H23N5O4S. The normalized spacial score (nSPS) is 18.1. The number of ether oxygens (including phenoxy) is 2. The lowest BCUT2D eigenvalue weighted by Gasteiger charge is -2.27. The Balaban J connectivity index is 1.72. The fraction of sp³-hybridized carbons (Fsp3) is 0.333. The number of allylic oxidation sites excluding steroid dienone is 1. The summed E-state index contributed by atoms with van der Waals surface area (Å²) in [6.07, 6.45) is 0.791. The van der Waals surface area contributed by atoms with Gasteiger partial charge in [0, 0.05) is 25.2 Å². The molecule has 1 atom stereocenters. The van der Waals surface area contributed by atoms with Crippen molar-refractivity contribution < 1.29 is 18.7 Å². The second kappa shape index (κ2) is 9.64. The van der Waals surface area contributed by atoms with Crippen LogP contribution in [0.2, 0.25) is 0 Å². The van der Waals surface area contributed by atoms with E-state index in [1.54, 1.807) is 19.1 Å². The number of thioether (sulfide) groups is 1. The van der Waals surface area contributed by atoms with Crippen molar-refractivity contribution in [3.05, 3.63) is 69.3 Å². The average molecular weight is 478 g/mol. The van der Waals surface area contributed by atoms with E-state index in [9.17, 15) is 15.3 Å². The van der Waals surface area contributed by atoms with Crippen LogP contribution >= 0.6 is 11.8 Å². The molecule has 0 saturated heterocycles. The number of carbonyl (C=O) groups excluding carboxylic acids is 1. The second-order valence-electron chi connectivity index (χ2n) is 8.04. The van der Waals surface area contributed by atoms with Gasteiger partial charge < -0.3 is 24.5 Å². The number of esters is 1. The molecule has 0 radical (unpaired) electrons. The van der Waals surface area contributed by atoms with Crippen molar-refractivity contribution >= 4 is 17.7 Å². The van der Waals surface area contributed by atoms with Crippen LogP contribution in [-0.2, 0) is 27.2 Å². The Kier molecular flexibility index (Phi) is 6.64. The van der Waals surface area contributed by atoms with Gasteiger partial charge in [0.15, 0.2) is 0 Å². The van der Waals surface area contributed by atoms with Gasteiger partial charge in [0.05, 0.1) is 29.9 Å². The second-order valence-corrected chi connectivity index (χ2v) is 9.00. The lowest BCUT2D eigenvalue weighted by molar-refractivity contribution is -0.136. The van der Waals surface area contributed by atoms with Crippen LogP contribution in [0.3, 0.4) is 0 Å². The van der Waals surface area contributed by atoms with E-state index >= 15 is 0 Å². The molecule has 9 nitrogen and oxygen atoms in total. The zero-order valence-electron chi connectivity index (χ0n) is 19.0. The molecule has 0 spiro atoms. The van der Waals surface area contributed by atoms with Gasteiger partial charge in [-0.1, -0.05) is 11.8 Å². The van der Waals surface area contributed by atoms with Gasteiger partial charge in [-0.15, -0.1) is 0 Å². The standard InChI is InChI=1S/C24H23N5O4S/c1-13-4-5-18(32-13)20-16(10-26)22(27)33-19(21(20)24(30)31-3)12-34-23-14(9-25)8-15-11-29(2)7-6-17(15)28-23/h4-5,8,20H,6-7,11-12,27H2,1-3H3. The summed E-state index contributed by atoms with van der Waals surface area (Å²) in [6, 6.07) is 9.55. The molecule has 4 heterocycles. The summed E-state index contributed by atoms with van der Waals surface area (Å²) >= 11 is 1.27. The highest BCUT2D eigenvalue weighted by atomic mass is 32.2. The van der Waals surface area contributed by atoms with Crippen LogP contribution < -0.4 is 5.73 Å². The van der Waals surface area contributed by atoms with E-state index in [0.717, 1.165) is 30.8 Å². The maximum absolute atomic E-state index is 12.8. The van der Waals surface area contributed by atoms with Crippen LogP contribution in [0.5, 0.6) is 0 Å². The molecule has 0 aromatic carbocycles. The number of pyridine rings is 1. The molecule has 2 aliphatic rings. The number of fused-ring (bicyclic) bond motifs is 1. The van der Waals surface area contributed by atoms with E-state index in [4.69, 9.17) is 24.6 Å². The molecule has 2 aliphatic heterocycles. The zero-order valence-corrected chi connectivity index (χ0v) is 19.9. The van der Waals surface area contributed by atoms with Gasteiger partial charge in [0.25, 0.3) is 0 Å². The van der Waals surface area contributed by atoms with E-state index in [2.05, 4.69) is 11.0 Å². The number of nitriles is 2. The van der Waals surface area contributed by atoms with Crippen molar-refractivity contribution in [2.24, 2.45) is 5.73 Å². The highest BCUT2D eigenvalue weighted by Gasteiger charge is 2.39. The molecular weight excluding hydrogens is 454 g/mol. The van der Waals surface area contributed by atoms with Crippen LogP contribution in [0.4, 0.5) is 0 Å². The molecule has 174 valence electrons. The van der Waals surface area contributed by atoms with Gasteiger partial charge in [0.1, 0.15) is 40.0 Å². The molecule has 2 aromatic rings. The lowest BCUT2D eigenvalue weighted by atomic mass is 9.87. The number of aryl methyl sites for hydroxylation is 1. The fourth-order valence-electron chi connectivity index (χ4n) is 4.07. The van der Waals surface area contributed by atoms with Crippen molar-refractivity contribution in [3.63, 3.8) is 0 Å². The van der Waals surface area contributed by atoms with Gasteiger partial charge in [-0.2, -0.15) is 10.5 Å². The number of nitrogens with zero attached hydrogens (tertiary/aromatic N) is 4. The van der Waals surface area contributed by atoms with E-state index in [-0.39, 0.29) is 28.5 Å². The minimum absolute atomic E-state index is 0.0669. The molecule has 0 bridgehead atoms. The minimum atomic E-state index is -0.863. The van der Waals surface area contributed by atoms with Crippen LogP contribution in [0.15, 0.2) is 50.4 Å². The average Bonchev–Trinajstić information content (AvgIpc) is 3.26. The zero-order chi connectivity index (χ0) is 24.4. The number of aromatic nitrogens is 1. The van der Waals surface area contributed by atoms with Gasteiger partial charge in [0.2, 0.25) is 5.88 Å². The van der Waals surface area contributed by atoms with Crippen LogP contribution in [0.1, 0.15) is 34.3 Å². The van der Waals surface area contributed by atoms with Crippen molar-refractivity contribution in [2.75, 3.05) is 26.5 Å². The quantitative estimate of drug-likeness (QED) is 0.505. The molecule has 34 heavy (non-hydrogen) atoms. The fourth-order valence-corrected chi connectivity index (χ4v) is 4.99. The van der Waals surface area contributed by atoms with Crippen molar-refractivity contribution in [1.29, 1.82) is 10.5 Å². The first kappa shape index (κ1) is 23.4. The van der Waals surface area contributed by atoms with Gasteiger partial charge in [-0.05, 0) is 37.7 Å². The van der Waals surface area contributed by atoms with E-state index in [1.807, 2.05) is 19.2 Å². The summed E-state index contributed by atoms with van der Waals surface area (Å²) in [4.78, 5) is 19.7. The number of likely N-dealkylation sites (N-methyl/N-ethyl adjacent to an activating group) is 1. The van der Waals surface area contributed by atoms with Crippen LogP contribution in [0, 0.1) is 29.6 Å². The SMILES string of the molecule is COC(=O)C1=C(CSc2nc3c(cc2C#N)CN(C)CC3)OC(N)=C(C#N)C1c1ccc(C)o1. The Hall–Kier alpha value is -3.73. The van der Waals surface area contributed by atoms with Crippen molar-refractivity contribution in [3.8, 4) is 12.1 Å². The van der Waals surface area contributed by atoms with E-state index in [0.29, 0.717) is 22.1 Å². The Morgan fingerprint density at radius 2 is 2.18 bits per heavy atom. The number of methoxy groups -OCH3 is 1. The summed E-state index contributed by atoms with van der Waals surface area (Å²) in [5.41, 5.74) is 8.72. The van der Waals surface area contributed by atoms with Gasteiger partial charge >= 0.3 is 5.97 Å². The first-order chi connectivity index (χ1) is 16.4. The lowest BCUT2D eigenvalue weighted by Crippen LogP contribution is -2.27. The Labute approximate surface area is 201 Å². The first-order valence-corrected chi connectivity index (χ1v) is 11.5. The number of hydrogen-bond acceptors (Lipinski definition) is 10. The number of nitrogens with two attached hydrogens (primary N) is 1. The Morgan fingerprint density at radius 3 is 2.82 bits per heavy atom. The summed E-state index contributed by atoms with van der Waals surface area (Å²) in [7, 11) is 3.29. The topological polar surface area (TPSA) is 138 Å². The largest absolute Gasteiger partial charge is 0.466 e. The first-order valence-electron chi connectivity index (χ1n) is 10.6. The minimum Gasteiger partial charge on any atom is -0.466 e. The van der Waals surface area contributed by atoms with Crippen molar-refractivity contribution in [1.82, 2.24) is 9.88 Å². The highest BCUT2D eigenvalue weighted by molar-refractivity contribution is 7.99.